The van der Waals surface area contributed by atoms with E-state index in [2.05, 4.69) is 0 Å². The molecule has 2 aromatic carbocycles. The molecule has 0 N–H and O–H groups in total. The van der Waals surface area contributed by atoms with Gasteiger partial charge in [0.05, 0.1) is 22.6 Å². The minimum atomic E-state index is -3.17. The molecule has 2 atom stereocenters. The van der Waals surface area contributed by atoms with Gasteiger partial charge in [-0.05, 0) is 44.5 Å². The average molecular weight is 473 g/mol. The summed E-state index contributed by atoms with van der Waals surface area (Å²) in [5.41, 5.74) is 0.874. The third kappa shape index (κ3) is 5.60. The van der Waals surface area contributed by atoms with Crippen LogP contribution in [0.25, 0.3) is 0 Å². The largest absolute Gasteiger partial charge is 0.449 e. The molecular weight excluding hydrogens is 444 g/mol. The highest BCUT2D eigenvalue weighted by Crippen LogP contribution is 2.21. The van der Waals surface area contributed by atoms with E-state index in [1.54, 1.807) is 38.2 Å². The molecule has 3 rings (SSSR count). The van der Waals surface area contributed by atoms with Crippen molar-refractivity contribution in [3.63, 3.8) is 0 Å². The van der Waals surface area contributed by atoms with Gasteiger partial charge in [0, 0.05) is 25.3 Å². The summed E-state index contributed by atoms with van der Waals surface area (Å²) < 4.78 is 29.1. The molecule has 1 aliphatic heterocycles. The molecule has 0 saturated carbocycles. The minimum Gasteiger partial charge on any atom is -0.449 e. The Morgan fingerprint density at radius 3 is 2.21 bits per heavy atom. The summed E-state index contributed by atoms with van der Waals surface area (Å²) in [5, 5.41) is 0. The summed E-state index contributed by atoms with van der Waals surface area (Å²) in [6.45, 7) is 3.51. The lowest BCUT2D eigenvalue weighted by Gasteiger charge is -2.29. The molecule has 0 aliphatic carbocycles. The Labute approximate surface area is 194 Å². The molecule has 1 heterocycles. The van der Waals surface area contributed by atoms with Crippen LogP contribution in [0.4, 0.5) is 5.69 Å². The number of hydrogen-bond donors (Lipinski definition) is 0. The van der Waals surface area contributed by atoms with Gasteiger partial charge in [-0.15, -0.1) is 0 Å². The topological polar surface area (TPSA) is 101 Å². The second kappa shape index (κ2) is 10.2. The summed E-state index contributed by atoms with van der Waals surface area (Å²) >= 11 is 0. The summed E-state index contributed by atoms with van der Waals surface area (Å²) in [5.74, 6) is -1.69. The number of esters is 1. The van der Waals surface area contributed by atoms with Gasteiger partial charge in [-0.2, -0.15) is 0 Å². The van der Waals surface area contributed by atoms with Crippen molar-refractivity contribution in [3.05, 3.63) is 65.7 Å². The fourth-order valence-electron chi connectivity index (χ4n) is 3.92. The predicted molar refractivity (Wildman–Crippen MR) is 125 cm³/mol. The van der Waals surface area contributed by atoms with Gasteiger partial charge >= 0.3 is 5.97 Å². The predicted octanol–water partition coefficient (Wildman–Crippen LogP) is 2.54. The maximum Gasteiger partial charge on any atom is 0.339 e. The number of benzene rings is 2. The SMILES string of the molecule is CCN(C(=O)C(C)OC(=O)c1ccccc1C(=O)N(C)c1ccccc1)C1CCS(=O)(=O)C1. The van der Waals surface area contributed by atoms with Gasteiger partial charge in [0.15, 0.2) is 15.9 Å². The highest BCUT2D eigenvalue weighted by molar-refractivity contribution is 7.91. The van der Waals surface area contributed by atoms with E-state index >= 15 is 0 Å². The molecular formula is C24H28N2O6S. The van der Waals surface area contributed by atoms with E-state index in [-0.39, 0.29) is 28.5 Å². The van der Waals surface area contributed by atoms with E-state index in [0.717, 1.165) is 0 Å². The van der Waals surface area contributed by atoms with Crippen molar-refractivity contribution in [3.8, 4) is 0 Å². The molecule has 0 spiro atoms. The van der Waals surface area contributed by atoms with E-state index in [9.17, 15) is 22.8 Å². The number of carbonyl (C=O) groups is 3. The van der Waals surface area contributed by atoms with Gasteiger partial charge in [-0.1, -0.05) is 30.3 Å². The van der Waals surface area contributed by atoms with Crippen LogP contribution in [0.1, 0.15) is 41.0 Å². The number of para-hydroxylation sites is 1. The van der Waals surface area contributed by atoms with Gasteiger partial charge in [0.25, 0.3) is 11.8 Å². The van der Waals surface area contributed by atoms with E-state index in [0.29, 0.717) is 18.7 Å². The molecule has 2 amide bonds. The number of rotatable bonds is 7. The first-order valence-electron chi connectivity index (χ1n) is 10.8. The van der Waals surface area contributed by atoms with Crippen LogP contribution in [0.3, 0.4) is 0 Å². The zero-order valence-corrected chi connectivity index (χ0v) is 19.7. The number of sulfone groups is 1. The number of carbonyl (C=O) groups excluding carboxylic acids is 3. The third-order valence-corrected chi connectivity index (χ3v) is 7.48. The summed E-state index contributed by atoms with van der Waals surface area (Å²) in [7, 11) is -1.55. The number of nitrogens with zero attached hydrogens (tertiary/aromatic N) is 2. The maximum absolute atomic E-state index is 13.1. The molecule has 8 nitrogen and oxygen atoms in total. The second-order valence-corrected chi connectivity index (χ2v) is 10.2. The monoisotopic (exact) mass is 472 g/mol. The number of likely N-dealkylation sites (N-methyl/N-ethyl adjacent to an activating group) is 1. The average Bonchev–Trinajstić information content (AvgIpc) is 3.18. The lowest BCUT2D eigenvalue weighted by molar-refractivity contribution is -0.141. The summed E-state index contributed by atoms with van der Waals surface area (Å²) in [6.07, 6.45) is -0.762. The highest BCUT2D eigenvalue weighted by atomic mass is 32.2. The summed E-state index contributed by atoms with van der Waals surface area (Å²) in [6, 6.07) is 14.9. The molecule has 0 aromatic heterocycles. The molecule has 2 aromatic rings. The number of ether oxygens (including phenoxy) is 1. The Bertz CT molecular complexity index is 1130. The molecule has 0 bridgehead atoms. The van der Waals surface area contributed by atoms with Gasteiger partial charge in [0.2, 0.25) is 0 Å². The van der Waals surface area contributed by atoms with E-state index in [4.69, 9.17) is 4.74 Å². The van der Waals surface area contributed by atoms with Crippen molar-refractivity contribution >= 4 is 33.3 Å². The van der Waals surface area contributed by atoms with Crippen molar-refractivity contribution < 1.29 is 27.5 Å². The normalized spacial score (nSPS) is 17.7. The van der Waals surface area contributed by atoms with Gasteiger partial charge in [0.1, 0.15) is 0 Å². The molecule has 33 heavy (non-hydrogen) atoms. The fraction of sp³-hybridized carbons (Fsp3) is 0.375. The van der Waals surface area contributed by atoms with Crippen LogP contribution in [0.2, 0.25) is 0 Å². The smallest absolute Gasteiger partial charge is 0.339 e. The van der Waals surface area contributed by atoms with Crippen molar-refractivity contribution in [2.75, 3.05) is 30.0 Å². The van der Waals surface area contributed by atoms with Crippen molar-refractivity contribution in [1.82, 2.24) is 4.90 Å². The van der Waals surface area contributed by atoms with E-state index < -0.39 is 33.9 Å². The van der Waals surface area contributed by atoms with Gasteiger partial charge in [-0.3, -0.25) is 9.59 Å². The van der Waals surface area contributed by atoms with Gasteiger partial charge < -0.3 is 14.5 Å². The van der Waals surface area contributed by atoms with E-state index in [1.165, 1.54) is 28.9 Å². The lowest BCUT2D eigenvalue weighted by Crippen LogP contribution is -2.46. The van der Waals surface area contributed by atoms with Crippen LogP contribution in [0.5, 0.6) is 0 Å². The molecule has 1 saturated heterocycles. The first kappa shape index (κ1) is 24.4. The van der Waals surface area contributed by atoms with Crippen LogP contribution < -0.4 is 4.90 Å². The fourth-order valence-corrected chi connectivity index (χ4v) is 5.65. The van der Waals surface area contributed by atoms with Crippen LogP contribution in [0.15, 0.2) is 54.6 Å². The Balaban J connectivity index is 1.75. The first-order valence-corrected chi connectivity index (χ1v) is 12.6. The molecule has 9 heteroatoms. The minimum absolute atomic E-state index is 0.0417. The third-order valence-electron chi connectivity index (χ3n) is 5.73. The second-order valence-electron chi connectivity index (χ2n) is 7.97. The molecule has 1 aliphatic rings. The van der Waals surface area contributed by atoms with Crippen LogP contribution in [-0.4, -0.2) is 68.3 Å². The van der Waals surface area contributed by atoms with Crippen molar-refractivity contribution in [2.45, 2.75) is 32.4 Å². The summed E-state index contributed by atoms with van der Waals surface area (Å²) in [4.78, 5) is 41.8. The Hall–Kier alpha value is -3.20. The van der Waals surface area contributed by atoms with Crippen LogP contribution in [0, 0.1) is 0 Å². The van der Waals surface area contributed by atoms with E-state index in [1.807, 2.05) is 18.2 Å². The van der Waals surface area contributed by atoms with Gasteiger partial charge in [-0.25, -0.2) is 13.2 Å². The highest BCUT2D eigenvalue weighted by Gasteiger charge is 2.36. The Kier molecular flexibility index (Phi) is 7.53. The zero-order valence-electron chi connectivity index (χ0n) is 18.9. The van der Waals surface area contributed by atoms with Crippen LogP contribution >= 0.6 is 0 Å². The molecule has 2 unspecified atom stereocenters. The van der Waals surface area contributed by atoms with Crippen molar-refractivity contribution in [2.24, 2.45) is 0 Å². The quantitative estimate of drug-likeness (QED) is 0.574. The Morgan fingerprint density at radius 1 is 1.03 bits per heavy atom. The van der Waals surface area contributed by atoms with Crippen LogP contribution in [-0.2, 0) is 19.4 Å². The number of hydrogen-bond acceptors (Lipinski definition) is 6. The molecule has 176 valence electrons. The van der Waals surface area contributed by atoms with Crippen molar-refractivity contribution in [1.29, 1.82) is 0 Å². The molecule has 0 radical (unpaired) electrons. The standard InChI is InChI=1S/C24H28N2O6S/c1-4-26(19-14-15-33(30,31)16-19)22(27)17(2)32-24(29)21-13-9-8-12-20(21)23(28)25(3)18-10-6-5-7-11-18/h5-13,17,19H,4,14-16H2,1-3H3. The number of amides is 2. The molecule has 1 fully saturated rings. The number of anilines is 1. The maximum atomic E-state index is 13.1. The Morgan fingerprint density at radius 2 is 1.64 bits per heavy atom. The first-order chi connectivity index (χ1) is 15.6. The zero-order chi connectivity index (χ0) is 24.2. The lowest BCUT2D eigenvalue weighted by atomic mass is 10.1.